The molecule has 1 unspecified atom stereocenters. The molecule has 13 heavy (non-hydrogen) atoms. The van der Waals surface area contributed by atoms with Crippen LogP contribution in [-0.2, 0) is 10.5 Å². The number of hydrogen-bond donors (Lipinski definition) is 2. The van der Waals surface area contributed by atoms with E-state index in [1.807, 2.05) is 5.48 Å². The zero-order valence-corrected chi connectivity index (χ0v) is 7.07. The zero-order valence-electron chi connectivity index (χ0n) is 7.07. The van der Waals surface area contributed by atoms with E-state index < -0.39 is 11.7 Å². The van der Waals surface area contributed by atoms with Crippen molar-refractivity contribution in [2.75, 3.05) is 0 Å². The number of fused-ring (bicyclic) bond motifs is 1. The van der Waals surface area contributed by atoms with Crippen LogP contribution >= 0.6 is 0 Å². The number of rotatable bonds is 1. The summed E-state index contributed by atoms with van der Waals surface area (Å²) >= 11 is 0. The fraction of sp³-hybridized carbons (Fsp3) is 0.222. The van der Waals surface area contributed by atoms with Gasteiger partial charge in [0, 0.05) is 5.56 Å². The van der Waals surface area contributed by atoms with E-state index >= 15 is 0 Å². The third-order valence-electron chi connectivity index (χ3n) is 2.17. The molecule has 0 fully saturated rings. The highest BCUT2D eigenvalue weighted by Gasteiger charge is 2.40. The van der Waals surface area contributed by atoms with Gasteiger partial charge in [0.1, 0.15) is 0 Å². The van der Waals surface area contributed by atoms with Crippen LogP contribution in [0.25, 0.3) is 0 Å². The van der Waals surface area contributed by atoms with Gasteiger partial charge in [-0.3, -0.25) is 0 Å². The maximum Gasteiger partial charge on any atom is 0.340 e. The SMILES string of the molecule is CC1(NO)OC(=O)c2ccccc21. The Balaban J connectivity index is 2.59. The molecule has 2 N–H and O–H groups in total. The molecule has 2 rings (SSSR count). The predicted octanol–water partition coefficient (Wildman–Crippen LogP) is 1.01. The molecule has 1 aliphatic heterocycles. The van der Waals surface area contributed by atoms with E-state index in [2.05, 4.69) is 0 Å². The zero-order chi connectivity index (χ0) is 9.47. The minimum atomic E-state index is -1.10. The minimum absolute atomic E-state index is 0.417. The molecule has 0 spiro atoms. The molecule has 68 valence electrons. The molecule has 0 bridgehead atoms. The van der Waals surface area contributed by atoms with Crippen LogP contribution in [0.2, 0.25) is 0 Å². The molecule has 1 aromatic rings. The quantitative estimate of drug-likeness (QED) is 0.499. The summed E-state index contributed by atoms with van der Waals surface area (Å²) in [6, 6.07) is 6.95. The Morgan fingerprint density at radius 1 is 1.46 bits per heavy atom. The van der Waals surface area contributed by atoms with Crippen LogP contribution in [0.1, 0.15) is 22.8 Å². The highest BCUT2D eigenvalue weighted by atomic mass is 16.6. The molecule has 4 nitrogen and oxygen atoms in total. The van der Waals surface area contributed by atoms with E-state index in [-0.39, 0.29) is 0 Å². The summed E-state index contributed by atoms with van der Waals surface area (Å²) in [5.41, 5.74) is 2.03. The van der Waals surface area contributed by atoms with E-state index in [0.717, 1.165) is 0 Å². The Labute approximate surface area is 75.1 Å². The lowest BCUT2D eigenvalue weighted by Crippen LogP contribution is -2.37. The van der Waals surface area contributed by atoms with Gasteiger partial charge in [-0.2, -0.15) is 5.48 Å². The maximum atomic E-state index is 11.3. The van der Waals surface area contributed by atoms with Gasteiger partial charge in [0.25, 0.3) is 0 Å². The first kappa shape index (κ1) is 8.22. The minimum Gasteiger partial charge on any atom is -0.434 e. The number of benzene rings is 1. The van der Waals surface area contributed by atoms with Crippen LogP contribution in [0.4, 0.5) is 0 Å². The second-order valence-electron chi connectivity index (χ2n) is 3.08. The molecule has 4 heteroatoms. The first-order valence-corrected chi connectivity index (χ1v) is 3.91. The first-order chi connectivity index (χ1) is 6.17. The van der Waals surface area contributed by atoms with Crippen molar-refractivity contribution in [3.05, 3.63) is 35.4 Å². The Kier molecular flexibility index (Phi) is 1.61. The number of hydrogen-bond acceptors (Lipinski definition) is 4. The van der Waals surface area contributed by atoms with Crippen LogP contribution in [-0.4, -0.2) is 11.2 Å². The number of carbonyl (C=O) groups excluding carboxylic acids is 1. The third-order valence-corrected chi connectivity index (χ3v) is 2.17. The highest BCUT2D eigenvalue weighted by Crippen LogP contribution is 2.32. The number of esters is 1. The van der Waals surface area contributed by atoms with Crippen molar-refractivity contribution < 1.29 is 14.7 Å². The molecule has 0 radical (unpaired) electrons. The number of carbonyl (C=O) groups is 1. The van der Waals surface area contributed by atoms with E-state index in [4.69, 9.17) is 9.94 Å². The largest absolute Gasteiger partial charge is 0.434 e. The van der Waals surface area contributed by atoms with E-state index in [9.17, 15) is 4.79 Å². The van der Waals surface area contributed by atoms with Gasteiger partial charge in [0.2, 0.25) is 5.72 Å². The Hall–Kier alpha value is -1.39. The van der Waals surface area contributed by atoms with Crippen LogP contribution in [0.5, 0.6) is 0 Å². The molecule has 1 aliphatic rings. The monoisotopic (exact) mass is 179 g/mol. The lowest BCUT2D eigenvalue weighted by molar-refractivity contribution is -0.0886. The fourth-order valence-corrected chi connectivity index (χ4v) is 1.46. The number of hydroxylamine groups is 1. The molecule has 0 aliphatic carbocycles. The van der Waals surface area contributed by atoms with E-state index in [1.165, 1.54) is 0 Å². The maximum absolute atomic E-state index is 11.3. The van der Waals surface area contributed by atoms with Gasteiger partial charge in [0.15, 0.2) is 0 Å². The van der Waals surface area contributed by atoms with Gasteiger partial charge in [-0.05, 0) is 13.0 Å². The molecule has 1 heterocycles. The van der Waals surface area contributed by atoms with Crippen molar-refractivity contribution in [1.29, 1.82) is 0 Å². The Bertz CT molecular complexity index is 364. The molecule has 1 aromatic carbocycles. The smallest absolute Gasteiger partial charge is 0.340 e. The summed E-state index contributed by atoms with van der Waals surface area (Å²) in [4.78, 5) is 11.3. The van der Waals surface area contributed by atoms with E-state index in [0.29, 0.717) is 11.1 Å². The summed E-state index contributed by atoms with van der Waals surface area (Å²) in [5, 5.41) is 8.86. The van der Waals surface area contributed by atoms with Crippen LogP contribution in [0, 0.1) is 0 Å². The fourth-order valence-electron chi connectivity index (χ4n) is 1.46. The number of nitrogens with one attached hydrogen (secondary N) is 1. The molecular formula is C9H9NO3. The molecule has 0 amide bonds. The van der Waals surface area contributed by atoms with Gasteiger partial charge in [-0.25, -0.2) is 4.79 Å². The van der Waals surface area contributed by atoms with Gasteiger partial charge >= 0.3 is 5.97 Å². The van der Waals surface area contributed by atoms with Crippen molar-refractivity contribution in [2.24, 2.45) is 0 Å². The van der Waals surface area contributed by atoms with Crippen molar-refractivity contribution in [3.63, 3.8) is 0 Å². The summed E-state index contributed by atoms with van der Waals surface area (Å²) in [6.45, 7) is 1.59. The molecule has 0 saturated carbocycles. The summed E-state index contributed by atoms with van der Waals surface area (Å²) in [7, 11) is 0. The van der Waals surface area contributed by atoms with Crippen LogP contribution in [0.15, 0.2) is 24.3 Å². The van der Waals surface area contributed by atoms with E-state index in [1.54, 1.807) is 31.2 Å². The van der Waals surface area contributed by atoms with Crippen molar-refractivity contribution in [1.82, 2.24) is 5.48 Å². The standard InChI is InChI=1S/C9H9NO3/c1-9(10-12)7-5-3-2-4-6(7)8(11)13-9/h2-5,10,12H,1H3. The Morgan fingerprint density at radius 3 is 2.85 bits per heavy atom. The average Bonchev–Trinajstić information content (AvgIpc) is 2.42. The topological polar surface area (TPSA) is 58.6 Å². The third kappa shape index (κ3) is 1.03. The van der Waals surface area contributed by atoms with Gasteiger partial charge < -0.3 is 9.94 Å². The average molecular weight is 179 g/mol. The lowest BCUT2D eigenvalue weighted by Gasteiger charge is -2.21. The van der Waals surface area contributed by atoms with Gasteiger partial charge in [-0.15, -0.1) is 0 Å². The Morgan fingerprint density at radius 2 is 2.15 bits per heavy atom. The predicted molar refractivity (Wildman–Crippen MR) is 44.1 cm³/mol. The second-order valence-corrected chi connectivity index (χ2v) is 3.08. The first-order valence-electron chi connectivity index (χ1n) is 3.91. The van der Waals surface area contributed by atoms with Crippen molar-refractivity contribution in [2.45, 2.75) is 12.6 Å². The number of ether oxygens (including phenoxy) is 1. The van der Waals surface area contributed by atoms with Gasteiger partial charge in [-0.1, -0.05) is 18.2 Å². The molecule has 1 atom stereocenters. The summed E-state index contributed by atoms with van der Waals surface area (Å²) in [6.07, 6.45) is 0. The second kappa shape index (κ2) is 2.55. The molecule has 0 saturated heterocycles. The highest BCUT2D eigenvalue weighted by molar-refractivity contribution is 5.94. The number of cyclic esters (lactones) is 1. The molecular weight excluding hydrogens is 170 g/mol. The normalized spacial score (nSPS) is 25.5. The van der Waals surface area contributed by atoms with Crippen LogP contribution in [0.3, 0.4) is 0 Å². The van der Waals surface area contributed by atoms with Crippen LogP contribution < -0.4 is 5.48 Å². The van der Waals surface area contributed by atoms with Crippen molar-refractivity contribution >= 4 is 5.97 Å². The lowest BCUT2D eigenvalue weighted by atomic mass is 10.0. The summed E-state index contributed by atoms with van der Waals surface area (Å²) < 4.78 is 4.97. The van der Waals surface area contributed by atoms with Crippen molar-refractivity contribution in [3.8, 4) is 0 Å². The molecule has 0 aromatic heterocycles. The summed E-state index contributed by atoms with van der Waals surface area (Å²) in [5.74, 6) is -0.417. The van der Waals surface area contributed by atoms with Gasteiger partial charge in [0.05, 0.1) is 5.56 Å².